The molecule has 0 spiro atoms. The maximum atomic E-state index is 13.6. The normalized spacial score (nSPS) is 12.0. The third-order valence-electron chi connectivity index (χ3n) is 5.43. The zero-order chi connectivity index (χ0) is 25.4. The average Bonchev–Trinajstić information content (AvgIpc) is 2.81. The first-order valence-electron chi connectivity index (χ1n) is 11.7. The second kappa shape index (κ2) is 11.9. The predicted octanol–water partition coefficient (Wildman–Crippen LogP) is 5.58. The molecule has 2 amide bonds. The van der Waals surface area contributed by atoms with Crippen LogP contribution in [0.15, 0.2) is 78.9 Å². The summed E-state index contributed by atoms with van der Waals surface area (Å²) in [6.45, 7) is 7.84. The summed E-state index contributed by atoms with van der Waals surface area (Å²) in [5.74, 6) is -0.0772. The van der Waals surface area contributed by atoms with E-state index in [1.807, 2.05) is 82.3 Å². The number of nitrogens with one attached hydrogen (secondary N) is 1. The number of ether oxygens (including phenoxy) is 1. The zero-order valence-electron chi connectivity index (χ0n) is 20.8. The van der Waals surface area contributed by atoms with Crippen LogP contribution in [-0.4, -0.2) is 34.9 Å². The number of carbonyl (C=O) groups excluding carboxylic acids is 2. The summed E-state index contributed by atoms with van der Waals surface area (Å²) in [6, 6.07) is 24.0. The number of nitrogens with zero attached hydrogens (tertiary/aromatic N) is 1. The fraction of sp³-hybridized carbons (Fsp3) is 0.310. The van der Waals surface area contributed by atoms with Crippen LogP contribution in [0, 0.1) is 6.92 Å². The molecular weight excluding hydrogens is 460 g/mol. The van der Waals surface area contributed by atoms with E-state index < -0.39 is 11.6 Å². The summed E-state index contributed by atoms with van der Waals surface area (Å²) in [4.78, 5) is 28.7. The lowest BCUT2D eigenvalue weighted by molar-refractivity contribution is -0.143. The maximum absolute atomic E-state index is 13.6. The Morgan fingerprint density at radius 3 is 2.17 bits per heavy atom. The monoisotopic (exact) mass is 492 g/mol. The van der Waals surface area contributed by atoms with E-state index in [1.165, 1.54) is 0 Å². The van der Waals surface area contributed by atoms with Gasteiger partial charge in [-0.15, -0.1) is 0 Å². The highest BCUT2D eigenvalue weighted by molar-refractivity contribution is 6.32. The number of rotatable bonds is 9. The van der Waals surface area contributed by atoms with Crippen LogP contribution < -0.4 is 10.1 Å². The van der Waals surface area contributed by atoms with E-state index in [0.29, 0.717) is 17.2 Å². The largest absolute Gasteiger partial charge is 0.482 e. The van der Waals surface area contributed by atoms with Crippen LogP contribution in [-0.2, 0) is 22.6 Å². The van der Waals surface area contributed by atoms with Gasteiger partial charge in [-0.1, -0.05) is 83.9 Å². The molecule has 1 N–H and O–H groups in total. The van der Waals surface area contributed by atoms with Gasteiger partial charge in [-0.3, -0.25) is 9.59 Å². The van der Waals surface area contributed by atoms with Crippen molar-refractivity contribution in [2.75, 3.05) is 6.61 Å². The van der Waals surface area contributed by atoms with Crippen molar-refractivity contribution in [3.63, 3.8) is 0 Å². The number of benzene rings is 3. The van der Waals surface area contributed by atoms with Gasteiger partial charge in [-0.05, 0) is 51.0 Å². The molecule has 3 aromatic rings. The van der Waals surface area contributed by atoms with Crippen molar-refractivity contribution >= 4 is 23.4 Å². The molecule has 3 rings (SSSR count). The van der Waals surface area contributed by atoms with Gasteiger partial charge in [0.05, 0.1) is 5.02 Å². The summed E-state index contributed by atoms with van der Waals surface area (Å²) in [5.41, 5.74) is 2.58. The van der Waals surface area contributed by atoms with Crippen LogP contribution in [0.5, 0.6) is 5.75 Å². The van der Waals surface area contributed by atoms with Gasteiger partial charge in [0.1, 0.15) is 11.8 Å². The molecule has 1 unspecified atom stereocenters. The quantitative estimate of drug-likeness (QED) is 0.424. The van der Waals surface area contributed by atoms with Crippen LogP contribution in [0.25, 0.3) is 0 Å². The van der Waals surface area contributed by atoms with Gasteiger partial charge in [0.15, 0.2) is 6.61 Å². The third kappa shape index (κ3) is 8.15. The van der Waals surface area contributed by atoms with Gasteiger partial charge in [-0.25, -0.2) is 0 Å². The highest BCUT2D eigenvalue weighted by Gasteiger charge is 2.32. The van der Waals surface area contributed by atoms with Gasteiger partial charge in [0.2, 0.25) is 5.91 Å². The standard InChI is InChI=1S/C29H33ClN2O3/c1-21-14-16-23(17-15-21)19-32(27(33)20-35-26-13-9-8-12-24(26)30)25(28(34)31-29(2,3)4)18-22-10-6-5-7-11-22/h5-17,25H,18-20H2,1-4H3,(H,31,34). The molecule has 0 saturated carbocycles. The van der Waals surface area contributed by atoms with E-state index in [-0.39, 0.29) is 25.0 Å². The number of para-hydroxylation sites is 1. The van der Waals surface area contributed by atoms with Crippen LogP contribution in [0.2, 0.25) is 5.02 Å². The second-order valence-corrected chi connectivity index (χ2v) is 10.1. The number of halogens is 1. The predicted molar refractivity (Wildman–Crippen MR) is 141 cm³/mol. The van der Waals surface area contributed by atoms with E-state index in [9.17, 15) is 9.59 Å². The van der Waals surface area contributed by atoms with E-state index in [0.717, 1.165) is 16.7 Å². The Morgan fingerprint density at radius 2 is 1.54 bits per heavy atom. The molecule has 0 heterocycles. The topological polar surface area (TPSA) is 58.6 Å². The first kappa shape index (κ1) is 26.3. The molecule has 0 aliphatic heterocycles. The molecule has 0 aliphatic carbocycles. The van der Waals surface area contributed by atoms with E-state index in [1.54, 1.807) is 29.2 Å². The van der Waals surface area contributed by atoms with Crippen molar-refractivity contribution in [2.45, 2.75) is 52.2 Å². The molecule has 5 nitrogen and oxygen atoms in total. The molecule has 0 aliphatic rings. The van der Waals surface area contributed by atoms with Crippen LogP contribution >= 0.6 is 11.6 Å². The van der Waals surface area contributed by atoms with Crippen molar-refractivity contribution < 1.29 is 14.3 Å². The van der Waals surface area contributed by atoms with Gasteiger partial charge in [-0.2, -0.15) is 0 Å². The molecule has 0 fully saturated rings. The number of hydrogen-bond acceptors (Lipinski definition) is 3. The highest BCUT2D eigenvalue weighted by Crippen LogP contribution is 2.23. The van der Waals surface area contributed by atoms with E-state index >= 15 is 0 Å². The van der Waals surface area contributed by atoms with Gasteiger partial charge >= 0.3 is 0 Å². The number of hydrogen-bond donors (Lipinski definition) is 1. The zero-order valence-corrected chi connectivity index (χ0v) is 21.5. The molecule has 0 saturated heterocycles. The molecule has 0 radical (unpaired) electrons. The minimum atomic E-state index is -0.722. The molecule has 1 atom stereocenters. The summed E-state index contributed by atoms with van der Waals surface area (Å²) in [5, 5.41) is 3.49. The molecular formula is C29H33ClN2O3. The van der Waals surface area contributed by atoms with Crippen molar-refractivity contribution in [1.82, 2.24) is 10.2 Å². The molecule has 35 heavy (non-hydrogen) atoms. The SMILES string of the molecule is Cc1ccc(CN(C(=O)COc2ccccc2Cl)C(Cc2ccccc2)C(=O)NC(C)(C)C)cc1. The number of carbonyl (C=O) groups is 2. The maximum Gasteiger partial charge on any atom is 0.261 e. The van der Waals surface area contributed by atoms with Crippen LogP contribution in [0.1, 0.15) is 37.5 Å². The van der Waals surface area contributed by atoms with Crippen molar-refractivity contribution in [1.29, 1.82) is 0 Å². The Labute approximate surface area is 213 Å². The van der Waals surface area contributed by atoms with Crippen LogP contribution in [0.4, 0.5) is 0 Å². The Bertz CT molecular complexity index is 1120. The Balaban J connectivity index is 1.93. The van der Waals surface area contributed by atoms with Gasteiger partial charge < -0.3 is 15.0 Å². The first-order valence-corrected chi connectivity index (χ1v) is 12.1. The molecule has 0 bridgehead atoms. The molecule has 6 heteroatoms. The van der Waals surface area contributed by atoms with Crippen molar-refractivity contribution in [3.05, 3.63) is 101 Å². The van der Waals surface area contributed by atoms with E-state index in [2.05, 4.69) is 5.32 Å². The Kier molecular flexibility index (Phi) is 8.94. The van der Waals surface area contributed by atoms with Gasteiger partial charge in [0, 0.05) is 18.5 Å². The molecule has 3 aromatic carbocycles. The summed E-state index contributed by atoms with van der Waals surface area (Å²) < 4.78 is 5.76. The first-order chi connectivity index (χ1) is 16.6. The molecule has 184 valence electrons. The van der Waals surface area contributed by atoms with E-state index in [4.69, 9.17) is 16.3 Å². The average molecular weight is 493 g/mol. The lowest BCUT2D eigenvalue weighted by Gasteiger charge is -2.33. The number of amides is 2. The smallest absolute Gasteiger partial charge is 0.261 e. The Hall–Kier alpha value is -3.31. The van der Waals surface area contributed by atoms with Crippen LogP contribution in [0.3, 0.4) is 0 Å². The minimum absolute atomic E-state index is 0.209. The van der Waals surface area contributed by atoms with Crippen molar-refractivity contribution in [2.24, 2.45) is 0 Å². The third-order valence-corrected chi connectivity index (χ3v) is 5.74. The second-order valence-electron chi connectivity index (χ2n) is 9.67. The fourth-order valence-corrected chi connectivity index (χ4v) is 3.87. The highest BCUT2D eigenvalue weighted by atomic mass is 35.5. The van der Waals surface area contributed by atoms with Crippen molar-refractivity contribution in [3.8, 4) is 5.75 Å². The summed E-state index contributed by atoms with van der Waals surface area (Å²) in [6.07, 6.45) is 0.381. The lowest BCUT2D eigenvalue weighted by Crippen LogP contribution is -2.55. The molecule has 0 aromatic heterocycles. The summed E-state index contributed by atoms with van der Waals surface area (Å²) in [7, 11) is 0. The summed E-state index contributed by atoms with van der Waals surface area (Å²) >= 11 is 6.21. The lowest BCUT2D eigenvalue weighted by atomic mass is 10.0. The Morgan fingerprint density at radius 1 is 0.914 bits per heavy atom. The number of aryl methyl sites for hydroxylation is 1. The fourth-order valence-electron chi connectivity index (χ4n) is 3.68. The minimum Gasteiger partial charge on any atom is -0.482 e. The van der Waals surface area contributed by atoms with Gasteiger partial charge in [0.25, 0.3) is 5.91 Å².